The van der Waals surface area contributed by atoms with E-state index in [9.17, 15) is 0 Å². The average Bonchev–Trinajstić information content (AvgIpc) is 3.03. The highest BCUT2D eigenvalue weighted by atomic mass is 79.9. The number of nitrogens with one attached hydrogen (secondary N) is 1. The zero-order chi connectivity index (χ0) is 11.4. The Morgan fingerprint density at radius 3 is 2.94 bits per heavy atom. The molecule has 2 rings (SSSR count). The van der Waals surface area contributed by atoms with Gasteiger partial charge in [0.25, 0.3) is 0 Å². The van der Waals surface area contributed by atoms with Crippen LogP contribution in [0.2, 0.25) is 0 Å². The molecule has 1 unspecified atom stereocenters. The van der Waals surface area contributed by atoms with Crippen LogP contribution in [0.4, 0.5) is 0 Å². The number of rotatable bonds is 7. The van der Waals surface area contributed by atoms with Crippen LogP contribution >= 0.6 is 27.3 Å². The summed E-state index contributed by atoms with van der Waals surface area (Å²) in [6, 6.07) is 2.94. The first-order valence-electron chi connectivity index (χ1n) is 6.26. The first-order valence-corrected chi connectivity index (χ1v) is 7.93. The lowest BCUT2D eigenvalue weighted by atomic mass is 10.0. The Balaban J connectivity index is 1.71. The smallest absolute Gasteiger partial charge is 0.0314 e. The van der Waals surface area contributed by atoms with Gasteiger partial charge in [-0.15, -0.1) is 11.3 Å². The number of halogens is 1. The second-order valence-electron chi connectivity index (χ2n) is 4.59. The van der Waals surface area contributed by atoms with Crippen molar-refractivity contribution < 1.29 is 0 Å². The van der Waals surface area contributed by atoms with Gasteiger partial charge in [0.1, 0.15) is 0 Å². The van der Waals surface area contributed by atoms with Gasteiger partial charge in [-0.05, 0) is 71.9 Å². The van der Waals surface area contributed by atoms with Crippen LogP contribution in [-0.4, -0.2) is 12.6 Å². The fourth-order valence-corrected chi connectivity index (χ4v) is 3.85. The topological polar surface area (TPSA) is 12.0 Å². The molecule has 0 aliphatic heterocycles. The first-order chi connectivity index (χ1) is 7.81. The molecule has 1 N–H and O–H groups in total. The Hall–Kier alpha value is 0.140. The van der Waals surface area contributed by atoms with Crippen LogP contribution < -0.4 is 5.32 Å². The Bertz CT molecular complexity index is 319. The lowest BCUT2D eigenvalue weighted by molar-refractivity contribution is 0.435. The van der Waals surface area contributed by atoms with Crippen molar-refractivity contribution >= 4 is 27.3 Å². The maximum atomic E-state index is 3.63. The van der Waals surface area contributed by atoms with Crippen molar-refractivity contribution in [3.63, 3.8) is 0 Å². The van der Waals surface area contributed by atoms with E-state index in [2.05, 4.69) is 39.6 Å². The molecule has 1 aliphatic carbocycles. The maximum absolute atomic E-state index is 3.63. The number of aryl methyl sites for hydroxylation is 1. The number of hydrogen-bond donors (Lipinski definition) is 1. The Kier molecular flexibility index (Phi) is 4.86. The van der Waals surface area contributed by atoms with Gasteiger partial charge >= 0.3 is 0 Å². The third-order valence-corrected chi connectivity index (χ3v) is 5.25. The van der Waals surface area contributed by atoms with Crippen LogP contribution in [-0.2, 0) is 6.42 Å². The van der Waals surface area contributed by atoms with Crippen LogP contribution in [0.15, 0.2) is 15.9 Å². The molecule has 0 amide bonds. The van der Waals surface area contributed by atoms with Crippen molar-refractivity contribution in [3.05, 3.63) is 20.8 Å². The Morgan fingerprint density at radius 1 is 1.56 bits per heavy atom. The summed E-state index contributed by atoms with van der Waals surface area (Å²) in [6.45, 7) is 3.33. The second kappa shape index (κ2) is 6.18. The summed E-state index contributed by atoms with van der Waals surface area (Å²) in [5.74, 6) is 0.978. The van der Waals surface area contributed by atoms with Crippen molar-refractivity contribution in [1.29, 1.82) is 0 Å². The summed E-state index contributed by atoms with van der Waals surface area (Å²) in [6.07, 6.45) is 6.77. The molecule has 0 bridgehead atoms. The first kappa shape index (κ1) is 12.6. The molecule has 90 valence electrons. The summed E-state index contributed by atoms with van der Waals surface area (Å²) in [7, 11) is 0. The minimum atomic E-state index is 0.781. The van der Waals surface area contributed by atoms with Crippen LogP contribution in [0, 0.1) is 5.92 Å². The summed E-state index contributed by atoms with van der Waals surface area (Å²) in [5.41, 5.74) is 0. The van der Waals surface area contributed by atoms with Crippen molar-refractivity contribution in [3.8, 4) is 0 Å². The molecule has 0 aromatic carbocycles. The van der Waals surface area contributed by atoms with Crippen LogP contribution in [0.1, 0.15) is 37.5 Å². The SMILES string of the molecule is CCNC(CCCc1sccc1Br)C1CC1. The molecule has 1 atom stereocenters. The normalized spacial score (nSPS) is 17.6. The van der Waals surface area contributed by atoms with Crippen LogP contribution in [0.25, 0.3) is 0 Å². The van der Waals surface area contributed by atoms with Gasteiger partial charge in [0.2, 0.25) is 0 Å². The quantitative estimate of drug-likeness (QED) is 0.795. The molecule has 1 aromatic heterocycles. The fraction of sp³-hybridized carbons (Fsp3) is 0.692. The third-order valence-electron chi connectivity index (χ3n) is 3.27. The standard InChI is InChI=1S/C13H20BrNS/c1-2-15-12(10-6-7-10)4-3-5-13-11(14)8-9-16-13/h8-10,12,15H,2-7H2,1H3. The third kappa shape index (κ3) is 3.57. The van der Waals surface area contributed by atoms with Gasteiger partial charge in [-0.3, -0.25) is 0 Å². The molecule has 1 nitrogen and oxygen atoms in total. The molecule has 3 heteroatoms. The van der Waals surface area contributed by atoms with E-state index < -0.39 is 0 Å². The molecule has 1 heterocycles. The van der Waals surface area contributed by atoms with E-state index in [0.717, 1.165) is 18.5 Å². The van der Waals surface area contributed by atoms with E-state index in [1.165, 1.54) is 41.5 Å². The van der Waals surface area contributed by atoms with Gasteiger partial charge in [0, 0.05) is 15.4 Å². The molecule has 1 saturated carbocycles. The lowest BCUT2D eigenvalue weighted by Crippen LogP contribution is -2.30. The largest absolute Gasteiger partial charge is 0.314 e. The van der Waals surface area contributed by atoms with E-state index in [-0.39, 0.29) is 0 Å². The zero-order valence-corrected chi connectivity index (χ0v) is 12.2. The molecule has 1 aromatic rings. The predicted octanol–water partition coefficient (Wildman–Crippen LogP) is 4.22. The molecule has 0 saturated heterocycles. The molecule has 0 spiro atoms. The van der Waals surface area contributed by atoms with E-state index >= 15 is 0 Å². The van der Waals surface area contributed by atoms with E-state index in [1.54, 1.807) is 0 Å². The molecule has 0 radical (unpaired) electrons. The van der Waals surface area contributed by atoms with E-state index in [1.807, 2.05) is 11.3 Å². The van der Waals surface area contributed by atoms with Gasteiger partial charge in [0.15, 0.2) is 0 Å². The zero-order valence-electron chi connectivity index (χ0n) is 9.84. The summed E-state index contributed by atoms with van der Waals surface area (Å²) >= 11 is 5.47. The lowest BCUT2D eigenvalue weighted by Gasteiger charge is -2.16. The number of thiophene rings is 1. The van der Waals surface area contributed by atoms with Crippen LogP contribution in [0.3, 0.4) is 0 Å². The maximum Gasteiger partial charge on any atom is 0.0314 e. The van der Waals surface area contributed by atoms with Crippen molar-refractivity contribution in [2.75, 3.05) is 6.54 Å². The van der Waals surface area contributed by atoms with Gasteiger partial charge in [-0.1, -0.05) is 6.92 Å². The van der Waals surface area contributed by atoms with Gasteiger partial charge in [-0.25, -0.2) is 0 Å². The highest BCUT2D eigenvalue weighted by molar-refractivity contribution is 9.10. The highest BCUT2D eigenvalue weighted by Gasteiger charge is 2.29. The molecular weight excluding hydrogens is 282 g/mol. The average molecular weight is 302 g/mol. The number of hydrogen-bond acceptors (Lipinski definition) is 2. The molecule has 1 fully saturated rings. The minimum Gasteiger partial charge on any atom is -0.314 e. The van der Waals surface area contributed by atoms with Crippen molar-refractivity contribution in [2.45, 2.75) is 45.1 Å². The Labute approximate surface area is 111 Å². The van der Waals surface area contributed by atoms with Crippen molar-refractivity contribution in [2.24, 2.45) is 5.92 Å². The summed E-state index contributed by atoms with van der Waals surface area (Å²) < 4.78 is 1.30. The molecular formula is C13H20BrNS. The fourth-order valence-electron chi connectivity index (χ4n) is 2.25. The van der Waals surface area contributed by atoms with Crippen LogP contribution in [0.5, 0.6) is 0 Å². The van der Waals surface area contributed by atoms with E-state index in [4.69, 9.17) is 0 Å². The van der Waals surface area contributed by atoms with E-state index in [0.29, 0.717) is 0 Å². The van der Waals surface area contributed by atoms with Gasteiger partial charge < -0.3 is 5.32 Å². The monoisotopic (exact) mass is 301 g/mol. The van der Waals surface area contributed by atoms with Crippen molar-refractivity contribution in [1.82, 2.24) is 5.32 Å². The Morgan fingerprint density at radius 2 is 2.38 bits per heavy atom. The minimum absolute atomic E-state index is 0.781. The predicted molar refractivity (Wildman–Crippen MR) is 75.1 cm³/mol. The summed E-state index contributed by atoms with van der Waals surface area (Å²) in [5, 5.41) is 5.80. The van der Waals surface area contributed by atoms with Gasteiger partial charge in [0.05, 0.1) is 0 Å². The summed E-state index contributed by atoms with van der Waals surface area (Å²) in [4.78, 5) is 1.51. The van der Waals surface area contributed by atoms with Gasteiger partial charge in [-0.2, -0.15) is 0 Å². The molecule has 1 aliphatic rings. The second-order valence-corrected chi connectivity index (χ2v) is 6.44. The highest BCUT2D eigenvalue weighted by Crippen LogP contribution is 2.35. The molecule has 16 heavy (non-hydrogen) atoms.